The van der Waals surface area contributed by atoms with E-state index in [-0.39, 0.29) is 5.91 Å². The summed E-state index contributed by atoms with van der Waals surface area (Å²) in [5.41, 5.74) is 10.9. The summed E-state index contributed by atoms with van der Waals surface area (Å²) < 4.78 is 1.87. The van der Waals surface area contributed by atoms with Crippen LogP contribution in [-0.2, 0) is 12.8 Å². The third kappa shape index (κ3) is 3.26. The van der Waals surface area contributed by atoms with Crippen LogP contribution in [0.4, 0.5) is 11.4 Å². The van der Waals surface area contributed by atoms with Crippen LogP contribution < -0.4 is 11.1 Å². The van der Waals surface area contributed by atoms with E-state index in [0.29, 0.717) is 17.1 Å². The lowest BCUT2D eigenvalue weighted by molar-refractivity contribution is 0.102. The largest absolute Gasteiger partial charge is 0.397 e. The maximum Gasteiger partial charge on any atom is 0.274 e. The maximum absolute atomic E-state index is 12.8. The van der Waals surface area contributed by atoms with Crippen LogP contribution in [0, 0.1) is 0 Å². The molecule has 0 atom stereocenters. The quantitative estimate of drug-likeness (QED) is 0.696. The van der Waals surface area contributed by atoms with Crippen LogP contribution in [0.25, 0.3) is 5.69 Å². The third-order valence-electron chi connectivity index (χ3n) is 4.29. The minimum Gasteiger partial charge on any atom is -0.397 e. The van der Waals surface area contributed by atoms with Gasteiger partial charge in [-0.1, -0.05) is 44.2 Å². The number of nitrogens with two attached hydrogens (primary N) is 1. The van der Waals surface area contributed by atoms with Crippen molar-refractivity contribution in [1.82, 2.24) is 9.55 Å². The van der Waals surface area contributed by atoms with Crippen LogP contribution in [0.15, 0.2) is 55.0 Å². The zero-order valence-corrected chi connectivity index (χ0v) is 14.5. The molecule has 0 saturated carbocycles. The maximum atomic E-state index is 12.8. The lowest BCUT2D eigenvalue weighted by Gasteiger charge is -2.16. The normalized spacial score (nSPS) is 10.6. The standard InChI is InChI=1S/C20H22N4O/c1-3-14-8-7-9-15(4-2)19(14)24-13-22-12-18(24)20(25)23-17-11-6-5-10-16(17)21/h5-13H,3-4,21H2,1-2H3,(H,23,25). The molecule has 0 fully saturated rings. The number of amides is 1. The van der Waals surface area contributed by atoms with E-state index in [9.17, 15) is 4.79 Å². The van der Waals surface area contributed by atoms with Crippen molar-refractivity contribution in [2.24, 2.45) is 0 Å². The highest BCUT2D eigenvalue weighted by Crippen LogP contribution is 2.24. The van der Waals surface area contributed by atoms with Crippen molar-refractivity contribution < 1.29 is 4.79 Å². The van der Waals surface area contributed by atoms with E-state index in [1.54, 1.807) is 24.7 Å². The molecule has 0 bridgehead atoms. The molecular formula is C20H22N4O. The molecule has 0 spiro atoms. The molecule has 3 aromatic rings. The van der Waals surface area contributed by atoms with Crippen molar-refractivity contribution in [2.45, 2.75) is 26.7 Å². The molecule has 0 aliphatic rings. The first-order valence-corrected chi connectivity index (χ1v) is 8.45. The van der Waals surface area contributed by atoms with E-state index in [2.05, 4.69) is 42.3 Å². The smallest absolute Gasteiger partial charge is 0.274 e. The number of rotatable bonds is 5. The van der Waals surface area contributed by atoms with Crippen molar-refractivity contribution in [3.63, 3.8) is 0 Å². The van der Waals surface area contributed by atoms with E-state index in [4.69, 9.17) is 5.73 Å². The average Bonchev–Trinajstić information content (AvgIpc) is 3.12. The lowest BCUT2D eigenvalue weighted by atomic mass is 10.0. The molecule has 3 rings (SSSR count). The van der Waals surface area contributed by atoms with Crippen molar-refractivity contribution in [3.05, 3.63) is 71.8 Å². The van der Waals surface area contributed by atoms with Gasteiger partial charge in [-0.05, 0) is 36.1 Å². The fraction of sp³-hybridized carbons (Fsp3) is 0.200. The predicted molar refractivity (Wildman–Crippen MR) is 101 cm³/mol. The first-order valence-electron chi connectivity index (χ1n) is 8.45. The van der Waals surface area contributed by atoms with Crippen LogP contribution in [-0.4, -0.2) is 15.5 Å². The molecular weight excluding hydrogens is 312 g/mol. The number of hydrogen-bond acceptors (Lipinski definition) is 3. The Labute approximate surface area is 147 Å². The predicted octanol–water partition coefficient (Wildman–Crippen LogP) is 3.83. The Morgan fingerprint density at radius 3 is 2.40 bits per heavy atom. The van der Waals surface area contributed by atoms with Crippen LogP contribution in [0.1, 0.15) is 35.5 Å². The minimum absolute atomic E-state index is 0.233. The zero-order valence-electron chi connectivity index (χ0n) is 14.5. The van der Waals surface area contributed by atoms with E-state index < -0.39 is 0 Å². The van der Waals surface area contributed by atoms with Gasteiger partial charge >= 0.3 is 0 Å². The highest BCUT2D eigenvalue weighted by molar-refractivity contribution is 6.05. The summed E-state index contributed by atoms with van der Waals surface area (Å²) in [6.07, 6.45) is 5.04. The topological polar surface area (TPSA) is 72.9 Å². The average molecular weight is 334 g/mol. The third-order valence-corrected chi connectivity index (χ3v) is 4.29. The van der Waals surface area contributed by atoms with Gasteiger partial charge in [0.2, 0.25) is 0 Å². The van der Waals surface area contributed by atoms with Gasteiger partial charge in [0, 0.05) is 0 Å². The van der Waals surface area contributed by atoms with Gasteiger partial charge in [-0.25, -0.2) is 4.98 Å². The lowest BCUT2D eigenvalue weighted by Crippen LogP contribution is -2.18. The van der Waals surface area contributed by atoms with Gasteiger partial charge in [0.1, 0.15) is 5.69 Å². The molecule has 0 aliphatic heterocycles. The number of nitrogen functional groups attached to an aromatic ring is 1. The summed E-state index contributed by atoms with van der Waals surface area (Å²) in [6.45, 7) is 4.22. The number of benzene rings is 2. The Kier molecular flexibility index (Phi) is 4.84. The van der Waals surface area contributed by atoms with Gasteiger partial charge in [0.05, 0.1) is 29.6 Å². The summed E-state index contributed by atoms with van der Waals surface area (Å²) in [6, 6.07) is 13.4. The number of carbonyl (C=O) groups excluding carboxylic acids is 1. The first kappa shape index (κ1) is 16.8. The fourth-order valence-corrected chi connectivity index (χ4v) is 2.96. The number of imidazole rings is 1. The molecule has 0 aliphatic carbocycles. The Morgan fingerprint density at radius 2 is 1.76 bits per heavy atom. The molecule has 5 heteroatoms. The molecule has 1 heterocycles. The van der Waals surface area contributed by atoms with E-state index in [1.807, 2.05) is 16.7 Å². The molecule has 0 radical (unpaired) electrons. The molecule has 2 aromatic carbocycles. The number of anilines is 2. The molecule has 1 amide bonds. The summed E-state index contributed by atoms with van der Waals surface area (Å²) in [7, 11) is 0. The first-order chi connectivity index (χ1) is 12.2. The molecule has 0 saturated heterocycles. The Bertz CT molecular complexity index is 876. The Morgan fingerprint density at radius 1 is 1.08 bits per heavy atom. The van der Waals surface area contributed by atoms with Gasteiger partial charge in [0.25, 0.3) is 5.91 Å². The monoisotopic (exact) mass is 334 g/mol. The summed E-state index contributed by atoms with van der Waals surface area (Å²) in [5, 5.41) is 2.87. The van der Waals surface area contributed by atoms with Gasteiger partial charge < -0.3 is 11.1 Å². The number of hydrogen-bond donors (Lipinski definition) is 2. The van der Waals surface area contributed by atoms with Crippen LogP contribution in [0.3, 0.4) is 0 Å². The number of aryl methyl sites for hydroxylation is 2. The Balaban J connectivity index is 2.02. The number of nitrogens with zero attached hydrogens (tertiary/aromatic N) is 2. The number of aromatic nitrogens is 2. The van der Waals surface area contributed by atoms with Gasteiger partial charge in [-0.3, -0.25) is 9.36 Å². The number of carbonyl (C=O) groups is 1. The van der Waals surface area contributed by atoms with Crippen LogP contribution in [0.2, 0.25) is 0 Å². The molecule has 25 heavy (non-hydrogen) atoms. The molecule has 0 unspecified atom stereocenters. The SMILES string of the molecule is CCc1cccc(CC)c1-n1cncc1C(=O)Nc1ccccc1N. The second-order valence-corrected chi connectivity index (χ2v) is 5.82. The molecule has 128 valence electrons. The second-order valence-electron chi connectivity index (χ2n) is 5.82. The minimum atomic E-state index is -0.233. The number of para-hydroxylation sites is 3. The zero-order chi connectivity index (χ0) is 17.8. The van der Waals surface area contributed by atoms with Crippen molar-refractivity contribution in [2.75, 3.05) is 11.1 Å². The van der Waals surface area contributed by atoms with Crippen molar-refractivity contribution >= 4 is 17.3 Å². The Hall–Kier alpha value is -3.08. The van der Waals surface area contributed by atoms with Gasteiger partial charge in [-0.15, -0.1) is 0 Å². The summed E-state index contributed by atoms with van der Waals surface area (Å²) >= 11 is 0. The highest BCUT2D eigenvalue weighted by atomic mass is 16.2. The van der Waals surface area contributed by atoms with E-state index in [1.165, 1.54) is 11.1 Å². The molecule has 3 N–H and O–H groups in total. The van der Waals surface area contributed by atoms with Crippen LogP contribution in [0.5, 0.6) is 0 Å². The van der Waals surface area contributed by atoms with Gasteiger partial charge in [0.15, 0.2) is 0 Å². The van der Waals surface area contributed by atoms with E-state index >= 15 is 0 Å². The number of nitrogens with one attached hydrogen (secondary N) is 1. The fourth-order valence-electron chi connectivity index (χ4n) is 2.96. The van der Waals surface area contributed by atoms with Crippen molar-refractivity contribution in [3.8, 4) is 5.69 Å². The van der Waals surface area contributed by atoms with Crippen molar-refractivity contribution in [1.29, 1.82) is 0 Å². The highest BCUT2D eigenvalue weighted by Gasteiger charge is 2.17. The van der Waals surface area contributed by atoms with Crippen LogP contribution >= 0.6 is 0 Å². The second kappa shape index (κ2) is 7.21. The van der Waals surface area contributed by atoms with E-state index in [0.717, 1.165) is 18.5 Å². The molecule has 5 nitrogen and oxygen atoms in total. The summed E-state index contributed by atoms with van der Waals surface area (Å²) in [4.78, 5) is 17.0. The molecule has 1 aromatic heterocycles. The van der Waals surface area contributed by atoms with Gasteiger partial charge in [-0.2, -0.15) is 0 Å². The summed E-state index contributed by atoms with van der Waals surface area (Å²) in [5.74, 6) is -0.233.